The van der Waals surface area contributed by atoms with Crippen LogP contribution in [0.1, 0.15) is 36.2 Å². The number of imidazole rings is 1. The lowest BCUT2D eigenvalue weighted by molar-refractivity contribution is 0.867. The molecule has 1 saturated carbocycles. The number of fused-ring (bicyclic) bond motifs is 1. The van der Waals surface area contributed by atoms with Crippen molar-refractivity contribution in [3.8, 4) is 0 Å². The largest absolute Gasteiger partial charge is 0.342 e. The average molecular weight is 200 g/mol. The number of rotatable bonds is 1. The van der Waals surface area contributed by atoms with Gasteiger partial charge in [-0.05, 0) is 49.4 Å². The van der Waals surface area contributed by atoms with Gasteiger partial charge in [-0.3, -0.25) is 0 Å². The molecule has 0 bridgehead atoms. The standard InChI is InChI=1S/C13H16N2/c1-7-5-11-12(6-8(7)2)15-13(14-11)10-4-9(10)3/h5-6,9-10H,4H2,1-3H3,(H,14,15). The van der Waals surface area contributed by atoms with E-state index in [0.29, 0.717) is 5.92 Å². The Morgan fingerprint density at radius 1 is 1.27 bits per heavy atom. The number of hydrogen-bond acceptors (Lipinski definition) is 1. The lowest BCUT2D eigenvalue weighted by Gasteiger charge is -1.97. The first kappa shape index (κ1) is 8.96. The van der Waals surface area contributed by atoms with Crippen LogP contribution < -0.4 is 0 Å². The smallest absolute Gasteiger partial charge is 0.110 e. The Balaban J connectivity index is 2.13. The van der Waals surface area contributed by atoms with Crippen LogP contribution in [0.5, 0.6) is 0 Å². The summed E-state index contributed by atoms with van der Waals surface area (Å²) in [6, 6.07) is 4.38. The minimum atomic E-state index is 0.679. The minimum absolute atomic E-state index is 0.679. The number of aromatic nitrogens is 2. The fourth-order valence-electron chi connectivity index (χ4n) is 2.17. The van der Waals surface area contributed by atoms with Crippen LogP contribution in [0.3, 0.4) is 0 Å². The maximum atomic E-state index is 4.67. The van der Waals surface area contributed by atoms with Crippen LogP contribution in [0.15, 0.2) is 12.1 Å². The van der Waals surface area contributed by atoms with Gasteiger partial charge >= 0.3 is 0 Å². The summed E-state index contributed by atoms with van der Waals surface area (Å²) in [6.07, 6.45) is 1.29. The van der Waals surface area contributed by atoms with Crippen LogP contribution in [-0.2, 0) is 0 Å². The molecule has 2 nitrogen and oxygen atoms in total. The van der Waals surface area contributed by atoms with Crippen LogP contribution >= 0.6 is 0 Å². The Kier molecular flexibility index (Phi) is 1.70. The quantitative estimate of drug-likeness (QED) is 0.751. The van der Waals surface area contributed by atoms with E-state index in [1.807, 2.05) is 0 Å². The number of nitrogens with zero attached hydrogens (tertiary/aromatic N) is 1. The van der Waals surface area contributed by atoms with Crippen molar-refractivity contribution in [3.63, 3.8) is 0 Å². The lowest BCUT2D eigenvalue weighted by Crippen LogP contribution is -1.82. The molecule has 1 fully saturated rings. The molecule has 3 rings (SSSR count). The van der Waals surface area contributed by atoms with E-state index in [2.05, 4.69) is 42.9 Å². The molecule has 1 heterocycles. The van der Waals surface area contributed by atoms with Gasteiger partial charge in [-0.1, -0.05) is 6.92 Å². The van der Waals surface area contributed by atoms with Crippen molar-refractivity contribution in [3.05, 3.63) is 29.1 Å². The molecule has 15 heavy (non-hydrogen) atoms. The van der Waals surface area contributed by atoms with Crippen molar-refractivity contribution < 1.29 is 0 Å². The van der Waals surface area contributed by atoms with E-state index in [4.69, 9.17) is 0 Å². The van der Waals surface area contributed by atoms with E-state index >= 15 is 0 Å². The van der Waals surface area contributed by atoms with Crippen LogP contribution in [0.4, 0.5) is 0 Å². The van der Waals surface area contributed by atoms with E-state index in [1.54, 1.807) is 0 Å². The highest BCUT2D eigenvalue weighted by Crippen LogP contribution is 2.45. The Bertz CT molecular complexity index is 486. The van der Waals surface area contributed by atoms with Crippen LogP contribution in [-0.4, -0.2) is 9.97 Å². The SMILES string of the molecule is Cc1cc2nc(C3CC3C)[nH]c2cc1C. The predicted molar refractivity (Wildman–Crippen MR) is 62.1 cm³/mol. The third kappa shape index (κ3) is 1.36. The van der Waals surface area contributed by atoms with E-state index in [-0.39, 0.29) is 0 Å². The molecule has 2 unspecified atom stereocenters. The monoisotopic (exact) mass is 200 g/mol. The zero-order valence-electron chi connectivity index (χ0n) is 9.46. The summed E-state index contributed by atoms with van der Waals surface area (Å²) in [5.41, 5.74) is 4.96. The second-order valence-corrected chi connectivity index (χ2v) is 4.90. The van der Waals surface area contributed by atoms with E-state index in [0.717, 1.165) is 11.4 Å². The molecule has 0 amide bonds. The van der Waals surface area contributed by atoms with Gasteiger partial charge in [0.05, 0.1) is 11.0 Å². The van der Waals surface area contributed by atoms with E-state index in [1.165, 1.54) is 28.9 Å². The molecule has 0 spiro atoms. The predicted octanol–water partition coefficient (Wildman–Crippen LogP) is 3.30. The second kappa shape index (κ2) is 2.84. The summed E-state index contributed by atoms with van der Waals surface area (Å²) in [6.45, 7) is 6.58. The summed E-state index contributed by atoms with van der Waals surface area (Å²) in [5.74, 6) is 2.67. The Morgan fingerprint density at radius 3 is 2.60 bits per heavy atom. The first-order chi connectivity index (χ1) is 7.15. The fraction of sp³-hybridized carbons (Fsp3) is 0.462. The molecule has 1 aliphatic rings. The average Bonchev–Trinajstić information content (AvgIpc) is 2.76. The van der Waals surface area contributed by atoms with Gasteiger partial charge in [0.25, 0.3) is 0 Å². The third-order valence-corrected chi connectivity index (χ3v) is 3.58. The number of aromatic amines is 1. The first-order valence-electron chi connectivity index (χ1n) is 5.62. The number of H-pyrrole nitrogens is 1. The van der Waals surface area contributed by atoms with Crippen LogP contribution in [0.2, 0.25) is 0 Å². The number of aryl methyl sites for hydroxylation is 2. The molecule has 1 aromatic heterocycles. The second-order valence-electron chi connectivity index (χ2n) is 4.90. The summed E-state index contributed by atoms with van der Waals surface area (Å²) < 4.78 is 0. The summed E-state index contributed by atoms with van der Waals surface area (Å²) in [7, 11) is 0. The molecule has 78 valence electrons. The normalized spacial score (nSPS) is 24.7. The molecule has 2 aromatic rings. The van der Waals surface area contributed by atoms with Gasteiger partial charge in [-0.25, -0.2) is 4.98 Å². The van der Waals surface area contributed by atoms with Crippen molar-refractivity contribution in [1.82, 2.24) is 9.97 Å². The van der Waals surface area contributed by atoms with Crippen LogP contribution in [0, 0.1) is 19.8 Å². The van der Waals surface area contributed by atoms with Crippen molar-refractivity contribution in [2.75, 3.05) is 0 Å². The van der Waals surface area contributed by atoms with Gasteiger partial charge in [0.1, 0.15) is 5.82 Å². The van der Waals surface area contributed by atoms with E-state index in [9.17, 15) is 0 Å². The maximum absolute atomic E-state index is 4.67. The number of hydrogen-bond donors (Lipinski definition) is 1. The number of nitrogens with one attached hydrogen (secondary N) is 1. The third-order valence-electron chi connectivity index (χ3n) is 3.58. The fourth-order valence-corrected chi connectivity index (χ4v) is 2.17. The van der Waals surface area contributed by atoms with Crippen molar-refractivity contribution in [2.24, 2.45) is 5.92 Å². The highest BCUT2D eigenvalue weighted by Gasteiger charge is 2.36. The van der Waals surface area contributed by atoms with Crippen LogP contribution in [0.25, 0.3) is 11.0 Å². The van der Waals surface area contributed by atoms with E-state index < -0.39 is 0 Å². The summed E-state index contributed by atoms with van der Waals surface area (Å²) in [4.78, 5) is 8.12. The molecule has 1 aromatic carbocycles. The van der Waals surface area contributed by atoms with Gasteiger partial charge in [-0.15, -0.1) is 0 Å². The van der Waals surface area contributed by atoms with Gasteiger partial charge in [0, 0.05) is 5.92 Å². The van der Waals surface area contributed by atoms with Crippen molar-refractivity contribution in [1.29, 1.82) is 0 Å². The molecule has 0 aliphatic heterocycles. The first-order valence-corrected chi connectivity index (χ1v) is 5.62. The molecule has 1 N–H and O–H groups in total. The van der Waals surface area contributed by atoms with Gasteiger partial charge in [0.15, 0.2) is 0 Å². The lowest BCUT2D eigenvalue weighted by atomic mass is 10.1. The number of benzene rings is 1. The zero-order chi connectivity index (χ0) is 10.6. The Labute approximate surface area is 89.7 Å². The van der Waals surface area contributed by atoms with Crippen molar-refractivity contribution >= 4 is 11.0 Å². The van der Waals surface area contributed by atoms with Gasteiger partial charge in [-0.2, -0.15) is 0 Å². The van der Waals surface area contributed by atoms with Gasteiger partial charge in [0.2, 0.25) is 0 Å². The molecule has 1 aliphatic carbocycles. The molecule has 0 saturated heterocycles. The molecular formula is C13H16N2. The molecule has 0 radical (unpaired) electrons. The Hall–Kier alpha value is -1.31. The minimum Gasteiger partial charge on any atom is -0.342 e. The Morgan fingerprint density at radius 2 is 1.93 bits per heavy atom. The maximum Gasteiger partial charge on any atom is 0.110 e. The van der Waals surface area contributed by atoms with Gasteiger partial charge < -0.3 is 4.98 Å². The topological polar surface area (TPSA) is 28.7 Å². The highest BCUT2D eigenvalue weighted by atomic mass is 14.9. The molecular weight excluding hydrogens is 184 g/mol. The summed E-state index contributed by atoms with van der Waals surface area (Å²) in [5, 5.41) is 0. The highest BCUT2D eigenvalue weighted by molar-refractivity contribution is 5.77. The van der Waals surface area contributed by atoms with Crippen molar-refractivity contribution in [2.45, 2.75) is 33.1 Å². The molecule has 2 atom stereocenters. The molecule has 2 heteroatoms. The summed E-state index contributed by atoms with van der Waals surface area (Å²) >= 11 is 0. The zero-order valence-corrected chi connectivity index (χ0v) is 9.46.